The van der Waals surface area contributed by atoms with Crippen LogP contribution in [0.3, 0.4) is 0 Å². The number of hydrogen-bond acceptors (Lipinski definition) is 5. The average Bonchev–Trinajstić information content (AvgIpc) is 3.14. The van der Waals surface area contributed by atoms with Gasteiger partial charge in [0.25, 0.3) is 10.0 Å². The molecule has 0 aromatic heterocycles. The summed E-state index contributed by atoms with van der Waals surface area (Å²) in [6.07, 6.45) is -3.36. The Morgan fingerprint density at radius 2 is 1.38 bits per heavy atom. The van der Waals surface area contributed by atoms with Crippen molar-refractivity contribution in [1.82, 2.24) is 9.21 Å². The number of amides is 1. The molecule has 0 radical (unpaired) electrons. The van der Waals surface area contributed by atoms with Gasteiger partial charge in [-0.1, -0.05) is 115 Å². The van der Waals surface area contributed by atoms with Gasteiger partial charge < -0.3 is 4.74 Å². The monoisotopic (exact) mass is 748 g/mol. The van der Waals surface area contributed by atoms with E-state index in [1.807, 2.05) is 36.4 Å². The molecule has 0 N–H and O–H groups in total. The maximum Gasteiger partial charge on any atom is 0.417 e. The van der Waals surface area contributed by atoms with Gasteiger partial charge in [0.05, 0.1) is 28.5 Å². The van der Waals surface area contributed by atoms with Crippen molar-refractivity contribution in [2.24, 2.45) is 0 Å². The molecule has 0 fully saturated rings. The number of carbonyl (C=O) groups excluding carboxylic acids is 1. The molecule has 6 nitrogen and oxygen atoms in total. The maximum atomic E-state index is 13.7. The van der Waals surface area contributed by atoms with Gasteiger partial charge in [-0.3, -0.25) is 9.69 Å². The van der Waals surface area contributed by atoms with Crippen molar-refractivity contribution in [2.75, 3.05) is 26.7 Å². The van der Waals surface area contributed by atoms with Gasteiger partial charge >= 0.3 is 6.18 Å². The van der Waals surface area contributed by atoms with Crippen LogP contribution in [-0.2, 0) is 34.0 Å². The largest absolute Gasteiger partial charge is 0.494 e. The first kappa shape index (κ1) is 38.6. The van der Waals surface area contributed by atoms with E-state index in [1.165, 1.54) is 25.2 Å². The highest BCUT2D eigenvalue weighted by Gasteiger charge is 2.34. The Morgan fingerprint density at radius 1 is 0.788 bits per heavy atom. The molecule has 0 unspecified atom stereocenters. The van der Waals surface area contributed by atoms with Crippen LogP contribution in [0.25, 0.3) is 0 Å². The predicted octanol–water partition coefficient (Wildman–Crippen LogP) is 9.24. The molecule has 0 saturated carbocycles. The number of unbranched alkanes of at least 4 members (excludes halogenated alkanes) is 1. The van der Waals surface area contributed by atoms with Crippen molar-refractivity contribution in [3.8, 4) is 5.75 Å². The molecular formula is C41H40ClF3N2O4S. The van der Waals surface area contributed by atoms with Crippen LogP contribution >= 0.6 is 11.6 Å². The van der Waals surface area contributed by atoms with Crippen molar-refractivity contribution in [3.05, 3.63) is 166 Å². The highest BCUT2D eigenvalue weighted by Crippen LogP contribution is 2.37. The maximum absolute atomic E-state index is 13.7. The smallest absolute Gasteiger partial charge is 0.417 e. The van der Waals surface area contributed by atoms with E-state index in [4.69, 9.17) is 16.3 Å². The van der Waals surface area contributed by atoms with E-state index in [0.717, 1.165) is 21.5 Å². The van der Waals surface area contributed by atoms with E-state index in [9.17, 15) is 26.4 Å². The average molecular weight is 749 g/mol. The third-order valence-electron chi connectivity index (χ3n) is 8.77. The van der Waals surface area contributed by atoms with E-state index >= 15 is 0 Å². The van der Waals surface area contributed by atoms with Crippen molar-refractivity contribution < 1.29 is 31.1 Å². The summed E-state index contributed by atoms with van der Waals surface area (Å²) in [5.74, 6) is -0.0682. The van der Waals surface area contributed by atoms with Crippen molar-refractivity contribution in [1.29, 1.82) is 0 Å². The van der Waals surface area contributed by atoms with Crippen LogP contribution in [0.4, 0.5) is 13.2 Å². The molecule has 0 aliphatic heterocycles. The molecule has 272 valence electrons. The Hall–Kier alpha value is -4.64. The number of likely N-dealkylation sites (N-methyl/N-ethyl adjacent to an activating group) is 1. The van der Waals surface area contributed by atoms with Crippen molar-refractivity contribution >= 4 is 27.5 Å². The standard InChI is InChI=1S/C41H40ClF3N2O4S/c1-46(52(49,50)36-22-9-4-10-23-36)39(48)28-31-15-13-21-35(27-31)51-26-12-11-25-47(29-34-20-14-24-38(40(34)42)41(43,44)45)30-37(32-16-5-2-6-17-32)33-18-7-3-8-19-33/h2-10,13-24,27,37H,11-12,25-26,28-30H2,1H3. The molecule has 5 rings (SSSR count). The summed E-state index contributed by atoms with van der Waals surface area (Å²) in [5, 5.41) is -0.290. The highest BCUT2D eigenvalue weighted by molar-refractivity contribution is 7.89. The summed E-state index contributed by atoms with van der Waals surface area (Å²) in [4.78, 5) is 15.1. The van der Waals surface area contributed by atoms with Crippen LogP contribution in [0.1, 0.15) is 46.6 Å². The fourth-order valence-corrected chi connectivity index (χ4v) is 7.41. The third kappa shape index (κ3) is 10.2. The lowest BCUT2D eigenvalue weighted by molar-refractivity contribution is -0.137. The SMILES string of the molecule is CN(C(=O)Cc1cccc(OCCCCN(Cc2cccc(C(F)(F)F)c2Cl)CC(c2ccccc2)c2ccccc2)c1)S(=O)(=O)c1ccccc1. The molecule has 11 heteroatoms. The summed E-state index contributed by atoms with van der Waals surface area (Å²) in [7, 11) is -2.73. The summed E-state index contributed by atoms with van der Waals surface area (Å²) < 4.78 is 73.7. The molecule has 0 saturated heterocycles. The van der Waals surface area contributed by atoms with Crippen LogP contribution < -0.4 is 4.74 Å². The number of sulfonamides is 1. The Kier molecular flexibility index (Phi) is 13.2. The summed E-state index contributed by atoms with van der Waals surface area (Å²) in [5.41, 5.74) is 2.35. The summed E-state index contributed by atoms with van der Waals surface area (Å²) in [6.45, 7) is 1.71. The number of rotatable bonds is 16. The van der Waals surface area contributed by atoms with Gasteiger partial charge in [0.1, 0.15) is 5.75 Å². The van der Waals surface area contributed by atoms with Crippen LogP contribution in [0.15, 0.2) is 138 Å². The second-order valence-corrected chi connectivity index (χ2v) is 14.8. The summed E-state index contributed by atoms with van der Waals surface area (Å²) in [6, 6.07) is 38.8. The van der Waals surface area contributed by atoms with Gasteiger partial charge in [-0.15, -0.1) is 0 Å². The van der Waals surface area contributed by atoms with Crippen LogP contribution in [0, 0.1) is 0 Å². The molecule has 0 aliphatic rings. The Balaban J connectivity index is 1.24. The van der Waals surface area contributed by atoms with Gasteiger partial charge in [-0.25, -0.2) is 12.7 Å². The molecule has 0 heterocycles. The second-order valence-electron chi connectivity index (χ2n) is 12.4. The minimum Gasteiger partial charge on any atom is -0.494 e. The molecule has 52 heavy (non-hydrogen) atoms. The van der Waals surface area contributed by atoms with Gasteiger partial charge in [0.15, 0.2) is 0 Å². The third-order valence-corrected chi connectivity index (χ3v) is 11.0. The lowest BCUT2D eigenvalue weighted by Crippen LogP contribution is -2.34. The van der Waals surface area contributed by atoms with Gasteiger partial charge in [-0.05, 0) is 72.0 Å². The number of benzene rings is 5. The number of halogens is 4. The lowest BCUT2D eigenvalue weighted by Gasteiger charge is -2.29. The lowest BCUT2D eigenvalue weighted by atomic mass is 9.90. The molecule has 1 amide bonds. The minimum atomic E-state index is -4.56. The summed E-state index contributed by atoms with van der Waals surface area (Å²) >= 11 is 6.35. The first-order chi connectivity index (χ1) is 24.9. The molecule has 5 aromatic carbocycles. The minimum absolute atomic E-state index is 0.0320. The number of alkyl halides is 3. The first-order valence-corrected chi connectivity index (χ1v) is 18.7. The number of carbonyl (C=O) groups is 1. The molecule has 0 bridgehead atoms. The molecule has 0 spiro atoms. The molecule has 5 aromatic rings. The van der Waals surface area contributed by atoms with E-state index in [-0.39, 0.29) is 28.8 Å². The van der Waals surface area contributed by atoms with E-state index in [1.54, 1.807) is 48.5 Å². The van der Waals surface area contributed by atoms with Crippen molar-refractivity contribution in [2.45, 2.75) is 42.8 Å². The zero-order valence-electron chi connectivity index (χ0n) is 28.7. The van der Waals surface area contributed by atoms with Crippen LogP contribution in [0.5, 0.6) is 5.75 Å². The number of ether oxygens (including phenoxy) is 1. The zero-order chi connectivity index (χ0) is 37.1. The molecule has 0 atom stereocenters. The van der Waals surface area contributed by atoms with Gasteiger partial charge in [-0.2, -0.15) is 13.2 Å². The fraction of sp³-hybridized carbons (Fsp3) is 0.244. The topological polar surface area (TPSA) is 66.9 Å². The van der Waals surface area contributed by atoms with Crippen LogP contribution in [-0.4, -0.2) is 50.3 Å². The highest BCUT2D eigenvalue weighted by atomic mass is 35.5. The fourth-order valence-electron chi connectivity index (χ4n) is 5.97. The Morgan fingerprint density at radius 3 is 2.00 bits per heavy atom. The van der Waals surface area contributed by atoms with Crippen LogP contribution in [0.2, 0.25) is 5.02 Å². The zero-order valence-corrected chi connectivity index (χ0v) is 30.2. The second kappa shape index (κ2) is 17.7. The number of hydrogen-bond donors (Lipinski definition) is 0. The van der Waals surface area contributed by atoms with E-state index < -0.39 is 27.7 Å². The Bertz CT molecular complexity index is 1980. The molecular weight excluding hydrogens is 709 g/mol. The van der Waals surface area contributed by atoms with Crippen molar-refractivity contribution in [3.63, 3.8) is 0 Å². The van der Waals surface area contributed by atoms with E-state index in [0.29, 0.717) is 49.4 Å². The van der Waals surface area contributed by atoms with Gasteiger partial charge in [0, 0.05) is 26.1 Å². The molecule has 0 aliphatic carbocycles. The first-order valence-electron chi connectivity index (χ1n) is 16.9. The quantitative estimate of drug-likeness (QED) is 0.0942. The van der Waals surface area contributed by atoms with Gasteiger partial charge in [0.2, 0.25) is 5.91 Å². The van der Waals surface area contributed by atoms with E-state index in [2.05, 4.69) is 29.2 Å². The normalized spacial score (nSPS) is 11.9. The Labute approximate surface area is 308 Å². The predicted molar refractivity (Wildman–Crippen MR) is 198 cm³/mol. The number of nitrogens with zero attached hydrogens (tertiary/aromatic N) is 2.